The van der Waals surface area contributed by atoms with Gasteiger partial charge in [0.05, 0.1) is 17.4 Å². The van der Waals surface area contributed by atoms with Gasteiger partial charge in [0, 0.05) is 6.54 Å². The van der Waals surface area contributed by atoms with Crippen molar-refractivity contribution in [3.8, 4) is 0 Å². The maximum Gasteiger partial charge on any atom is 0.418 e. The molecule has 124 valence electrons. The number of carbonyl (C=O) groups is 1. The number of amides is 2. The van der Waals surface area contributed by atoms with Gasteiger partial charge in [-0.05, 0) is 23.6 Å². The number of nitrogens with one attached hydrogen (secondary N) is 2. The average molecular weight is 322 g/mol. The van der Waals surface area contributed by atoms with Gasteiger partial charge < -0.3 is 15.7 Å². The molecule has 1 aromatic rings. The monoisotopic (exact) mass is 322 g/mol. The highest BCUT2D eigenvalue weighted by Crippen LogP contribution is 2.35. The third kappa shape index (κ3) is 5.18. The second kappa shape index (κ2) is 6.51. The van der Waals surface area contributed by atoms with Gasteiger partial charge in [0.25, 0.3) is 0 Å². The first kappa shape index (κ1) is 18.2. The van der Waals surface area contributed by atoms with Gasteiger partial charge in [-0.25, -0.2) is 9.18 Å². The first-order valence-electron chi connectivity index (χ1n) is 6.51. The second-order valence-electron chi connectivity index (χ2n) is 5.90. The van der Waals surface area contributed by atoms with E-state index in [0.717, 1.165) is 12.1 Å². The van der Waals surface area contributed by atoms with E-state index in [2.05, 4.69) is 5.32 Å². The minimum Gasteiger partial charge on any atom is -0.391 e. The molecule has 1 atom stereocenters. The van der Waals surface area contributed by atoms with Gasteiger partial charge in [0.2, 0.25) is 0 Å². The lowest BCUT2D eigenvalue weighted by Crippen LogP contribution is -2.41. The molecular weight excluding hydrogens is 304 g/mol. The first-order valence-corrected chi connectivity index (χ1v) is 6.51. The molecule has 0 saturated carbocycles. The van der Waals surface area contributed by atoms with E-state index in [1.165, 1.54) is 0 Å². The van der Waals surface area contributed by atoms with Crippen LogP contribution in [-0.4, -0.2) is 23.8 Å². The standard InChI is InChI=1S/C14H18F4N2O2/c1-13(2,3)11(21)7-19-12(22)20-10-5-4-8(15)6-9(10)14(16,17)18/h4-6,11,21H,7H2,1-3H3,(H2,19,20,22). The Labute approximate surface area is 125 Å². The summed E-state index contributed by atoms with van der Waals surface area (Å²) in [7, 11) is 0. The molecule has 0 aliphatic rings. The van der Waals surface area contributed by atoms with Crippen LogP contribution in [0.25, 0.3) is 0 Å². The fourth-order valence-electron chi connectivity index (χ4n) is 1.52. The maximum absolute atomic E-state index is 12.9. The van der Waals surface area contributed by atoms with Crippen molar-refractivity contribution in [1.29, 1.82) is 0 Å². The van der Waals surface area contributed by atoms with E-state index in [1.54, 1.807) is 20.8 Å². The van der Waals surface area contributed by atoms with Gasteiger partial charge in [-0.1, -0.05) is 20.8 Å². The molecule has 0 aromatic heterocycles. The van der Waals surface area contributed by atoms with Crippen molar-refractivity contribution in [2.24, 2.45) is 5.41 Å². The van der Waals surface area contributed by atoms with E-state index in [9.17, 15) is 27.5 Å². The molecule has 0 heterocycles. The number of halogens is 4. The van der Waals surface area contributed by atoms with Crippen LogP contribution >= 0.6 is 0 Å². The first-order chi connectivity index (χ1) is 9.91. The van der Waals surface area contributed by atoms with Crippen LogP contribution in [0.1, 0.15) is 26.3 Å². The highest BCUT2D eigenvalue weighted by atomic mass is 19.4. The van der Waals surface area contributed by atoms with E-state index in [0.29, 0.717) is 6.07 Å². The summed E-state index contributed by atoms with van der Waals surface area (Å²) < 4.78 is 51.3. The predicted octanol–water partition coefficient (Wildman–Crippen LogP) is 3.37. The SMILES string of the molecule is CC(C)(C)C(O)CNC(=O)Nc1ccc(F)cc1C(F)(F)F. The Morgan fingerprint density at radius 3 is 2.36 bits per heavy atom. The molecule has 0 saturated heterocycles. The van der Waals surface area contributed by atoms with Crippen LogP contribution in [0.15, 0.2) is 18.2 Å². The summed E-state index contributed by atoms with van der Waals surface area (Å²) in [4.78, 5) is 11.6. The lowest BCUT2D eigenvalue weighted by molar-refractivity contribution is -0.137. The van der Waals surface area contributed by atoms with E-state index >= 15 is 0 Å². The molecule has 2 amide bonds. The third-order valence-corrected chi connectivity index (χ3v) is 2.99. The Balaban J connectivity index is 2.77. The smallest absolute Gasteiger partial charge is 0.391 e. The summed E-state index contributed by atoms with van der Waals surface area (Å²) in [6, 6.07) is 1.03. The molecule has 0 radical (unpaired) electrons. The van der Waals surface area contributed by atoms with Crippen molar-refractivity contribution >= 4 is 11.7 Å². The zero-order valence-corrected chi connectivity index (χ0v) is 12.4. The van der Waals surface area contributed by atoms with Crippen molar-refractivity contribution < 1.29 is 27.5 Å². The van der Waals surface area contributed by atoms with Crippen LogP contribution in [0.2, 0.25) is 0 Å². The zero-order valence-electron chi connectivity index (χ0n) is 12.4. The number of hydrogen-bond donors (Lipinski definition) is 3. The number of aliphatic hydroxyl groups excluding tert-OH is 1. The normalized spacial score (nSPS) is 13.6. The van der Waals surface area contributed by atoms with Crippen LogP contribution < -0.4 is 10.6 Å². The lowest BCUT2D eigenvalue weighted by atomic mass is 9.89. The van der Waals surface area contributed by atoms with Crippen LogP contribution in [0.3, 0.4) is 0 Å². The molecule has 0 fully saturated rings. The second-order valence-corrected chi connectivity index (χ2v) is 5.90. The van der Waals surface area contributed by atoms with Gasteiger partial charge in [0.15, 0.2) is 0 Å². The molecule has 0 aliphatic heterocycles. The number of urea groups is 1. The summed E-state index contributed by atoms with van der Waals surface area (Å²) in [5.74, 6) is -1.05. The van der Waals surface area contributed by atoms with Crippen LogP contribution in [0, 0.1) is 11.2 Å². The van der Waals surface area contributed by atoms with E-state index in [1.807, 2.05) is 5.32 Å². The topological polar surface area (TPSA) is 61.4 Å². The third-order valence-electron chi connectivity index (χ3n) is 2.99. The highest BCUT2D eigenvalue weighted by molar-refractivity contribution is 5.90. The Kier molecular flexibility index (Phi) is 5.39. The fourth-order valence-corrected chi connectivity index (χ4v) is 1.52. The molecule has 0 aliphatic carbocycles. The summed E-state index contributed by atoms with van der Waals surface area (Å²) in [6.07, 6.45) is -5.66. The van der Waals surface area contributed by atoms with Crippen LogP contribution in [0.5, 0.6) is 0 Å². The van der Waals surface area contributed by atoms with Gasteiger partial charge in [-0.2, -0.15) is 13.2 Å². The Hall–Kier alpha value is -1.83. The molecule has 3 N–H and O–H groups in total. The van der Waals surface area contributed by atoms with Gasteiger partial charge in [0.1, 0.15) is 5.82 Å². The zero-order chi connectivity index (χ0) is 17.1. The Bertz CT molecular complexity index is 539. The molecule has 1 aromatic carbocycles. The Morgan fingerprint density at radius 1 is 1.27 bits per heavy atom. The van der Waals surface area contributed by atoms with Gasteiger partial charge in [-0.15, -0.1) is 0 Å². The Morgan fingerprint density at radius 2 is 1.86 bits per heavy atom. The minimum atomic E-state index is -4.80. The maximum atomic E-state index is 12.9. The molecule has 1 rings (SSSR count). The molecule has 8 heteroatoms. The molecule has 4 nitrogen and oxygen atoms in total. The number of benzene rings is 1. The average Bonchev–Trinajstić information content (AvgIpc) is 2.35. The number of alkyl halides is 3. The largest absolute Gasteiger partial charge is 0.418 e. The molecular formula is C14H18F4N2O2. The summed E-state index contributed by atoms with van der Waals surface area (Å²) >= 11 is 0. The van der Waals surface area contributed by atoms with Crippen molar-refractivity contribution in [3.63, 3.8) is 0 Å². The molecule has 1 unspecified atom stereocenters. The fraction of sp³-hybridized carbons (Fsp3) is 0.500. The summed E-state index contributed by atoms with van der Waals surface area (Å²) in [5.41, 5.74) is -2.32. The quantitative estimate of drug-likeness (QED) is 0.747. The number of hydrogen-bond acceptors (Lipinski definition) is 2. The van der Waals surface area contributed by atoms with Crippen molar-refractivity contribution in [2.45, 2.75) is 33.1 Å². The predicted molar refractivity (Wildman–Crippen MR) is 73.9 cm³/mol. The minimum absolute atomic E-state index is 0.127. The van der Waals surface area contributed by atoms with Crippen LogP contribution in [-0.2, 0) is 6.18 Å². The van der Waals surface area contributed by atoms with Crippen molar-refractivity contribution in [2.75, 3.05) is 11.9 Å². The summed E-state index contributed by atoms with van der Waals surface area (Å²) in [6.45, 7) is 5.12. The van der Waals surface area contributed by atoms with E-state index in [4.69, 9.17) is 0 Å². The van der Waals surface area contributed by atoms with Crippen LogP contribution in [0.4, 0.5) is 28.0 Å². The van der Waals surface area contributed by atoms with Gasteiger partial charge in [-0.3, -0.25) is 0 Å². The van der Waals surface area contributed by atoms with Crippen molar-refractivity contribution in [1.82, 2.24) is 5.32 Å². The summed E-state index contributed by atoms with van der Waals surface area (Å²) in [5, 5.41) is 14.0. The lowest BCUT2D eigenvalue weighted by Gasteiger charge is -2.26. The van der Waals surface area contributed by atoms with E-state index in [-0.39, 0.29) is 6.54 Å². The number of carbonyl (C=O) groups excluding carboxylic acids is 1. The van der Waals surface area contributed by atoms with Gasteiger partial charge >= 0.3 is 12.2 Å². The number of aliphatic hydroxyl groups is 1. The number of rotatable bonds is 3. The molecule has 0 bridgehead atoms. The molecule has 22 heavy (non-hydrogen) atoms. The molecule has 0 spiro atoms. The number of anilines is 1. The highest BCUT2D eigenvalue weighted by Gasteiger charge is 2.34. The van der Waals surface area contributed by atoms with E-state index < -0.39 is 40.8 Å². The van der Waals surface area contributed by atoms with Crippen molar-refractivity contribution in [3.05, 3.63) is 29.6 Å².